The highest BCUT2D eigenvalue weighted by atomic mass is 17.3. The Bertz CT molecular complexity index is 434. The number of nitrogens with two attached hydrogens (primary N) is 1. The van der Waals surface area contributed by atoms with Gasteiger partial charge in [-0.15, -0.1) is 0 Å². The maximum atomic E-state index is 6.15. The molecule has 4 aliphatic heterocycles. The van der Waals surface area contributed by atoms with Crippen molar-refractivity contribution in [3.63, 3.8) is 0 Å². The van der Waals surface area contributed by atoms with E-state index < -0.39 is 24.0 Å². The SMILES string of the molecule is C[C@H]1C(ON)OC2O[C@@]3(C)CCC4[C@H](C)CCC1C24OO3. The Morgan fingerprint density at radius 2 is 1.90 bits per heavy atom. The summed E-state index contributed by atoms with van der Waals surface area (Å²) >= 11 is 0. The lowest BCUT2D eigenvalue weighted by molar-refractivity contribution is -0.577. The fourth-order valence-corrected chi connectivity index (χ4v) is 5.03. The maximum absolute atomic E-state index is 6.15. The zero-order valence-corrected chi connectivity index (χ0v) is 12.9. The lowest BCUT2D eigenvalue weighted by atomic mass is 9.58. The molecule has 5 fully saturated rings. The molecule has 120 valence electrons. The normalized spacial score (nSPS) is 59.4. The molecule has 6 heteroatoms. The summed E-state index contributed by atoms with van der Waals surface area (Å²) in [6.45, 7) is 6.33. The number of fused-ring (bicyclic) bond motifs is 2. The van der Waals surface area contributed by atoms with Crippen LogP contribution < -0.4 is 5.90 Å². The Morgan fingerprint density at radius 1 is 1.10 bits per heavy atom. The van der Waals surface area contributed by atoms with Crippen LogP contribution in [0, 0.1) is 23.7 Å². The predicted octanol–water partition coefficient (Wildman–Crippen LogP) is 2.08. The van der Waals surface area contributed by atoms with Crippen LogP contribution in [0.15, 0.2) is 0 Å². The molecule has 0 radical (unpaired) electrons. The van der Waals surface area contributed by atoms with Gasteiger partial charge in [-0.05, 0) is 38.0 Å². The molecule has 6 nitrogen and oxygen atoms in total. The largest absolute Gasteiger partial charge is 0.318 e. The van der Waals surface area contributed by atoms with Crippen LogP contribution >= 0.6 is 0 Å². The fraction of sp³-hybridized carbons (Fsp3) is 1.00. The van der Waals surface area contributed by atoms with Gasteiger partial charge in [-0.3, -0.25) is 4.84 Å². The summed E-state index contributed by atoms with van der Waals surface area (Å²) < 4.78 is 12.2. The Hall–Kier alpha value is -0.240. The molecule has 1 spiro atoms. The van der Waals surface area contributed by atoms with Crippen molar-refractivity contribution in [1.29, 1.82) is 0 Å². The van der Waals surface area contributed by atoms with Crippen LogP contribution in [-0.2, 0) is 24.1 Å². The Balaban J connectivity index is 1.79. The molecule has 0 aromatic rings. The van der Waals surface area contributed by atoms with Crippen molar-refractivity contribution in [3.05, 3.63) is 0 Å². The van der Waals surface area contributed by atoms with E-state index in [9.17, 15) is 0 Å². The van der Waals surface area contributed by atoms with Crippen LogP contribution in [0.1, 0.15) is 46.5 Å². The molecule has 0 amide bonds. The van der Waals surface area contributed by atoms with E-state index >= 15 is 0 Å². The molecule has 0 aromatic heterocycles. The first-order chi connectivity index (χ1) is 10.00. The molecule has 5 aliphatic rings. The van der Waals surface area contributed by atoms with Crippen LogP contribution in [-0.4, -0.2) is 24.0 Å². The highest BCUT2D eigenvalue weighted by molar-refractivity contribution is 5.08. The molecule has 1 saturated carbocycles. The van der Waals surface area contributed by atoms with Gasteiger partial charge in [0.2, 0.25) is 5.79 Å². The summed E-state index contributed by atoms with van der Waals surface area (Å²) in [7, 11) is 0. The van der Waals surface area contributed by atoms with Crippen LogP contribution in [0.5, 0.6) is 0 Å². The number of hydrogen-bond donors (Lipinski definition) is 1. The van der Waals surface area contributed by atoms with E-state index in [1.807, 2.05) is 6.92 Å². The molecule has 8 atom stereocenters. The number of rotatable bonds is 1. The lowest BCUT2D eigenvalue weighted by Gasteiger charge is -2.59. The molecule has 0 aromatic carbocycles. The van der Waals surface area contributed by atoms with Gasteiger partial charge in [-0.2, -0.15) is 0 Å². The average molecular weight is 299 g/mol. The van der Waals surface area contributed by atoms with Gasteiger partial charge in [0, 0.05) is 18.3 Å². The van der Waals surface area contributed by atoms with Crippen LogP contribution in [0.25, 0.3) is 0 Å². The molecule has 4 saturated heterocycles. The Morgan fingerprint density at radius 3 is 2.67 bits per heavy atom. The second kappa shape index (κ2) is 4.63. The first kappa shape index (κ1) is 14.4. The van der Waals surface area contributed by atoms with Gasteiger partial charge in [0.15, 0.2) is 18.2 Å². The second-order valence-corrected chi connectivity index (χ2v) is 7.41. The van der Waals surface area contributed by atoms with E-state index in [1.165, 1.54) is 6.42 Å². The van der Waals surface area contributed by atoms with Crippen molar-refractivity contribution >= 4 is 0 Å². The zero-order valence-electron chi connectivity index (χ0n) is 12.9. The molecule has 5 rings (SSSR count). The maximum Gasteiger partial charge on any atom is 0.201 e. The van der Waals surface area contributed by atoms with Gasteiger partial charge in [0.1, 0.15) is 0 Å². The van der Waals surface area contributed by atoms with Crippen molar-refractivity contribution in [1.82, 2.24) is 0 Å². The van der Waals surface area contributed by atoms with Gasteiger partial charge < -0.3 is 9.47 Å². The molecule has 21 heavy (non-hydrogen) atoms. The van der Waals surface area contributed by atoms with Crippen molar-refractivity contribution in [2.24, 2.45) is 29.6 Å². The predicted molar refractivity (Wildman–Crippen MR) is 72.1 cm³/mol. The van der Waals surface area contributed by atoms with E-state index in [1.54, 1.807) is 0 Å². The Kier molecular flexibility index (Phi) is 3.17. The van der Waals surface area contributed by atoms with Gasteiger partial charge in [0.05, 0.1) is 0 Å². The summed E-state index contributed by atoms with van der Waals surface area (Å²) in [5.74, 6) is 6.06. The molecule has 2 N–H and O–H groups in total. The minimum Gasteiger partial charge on any atom is -0.318 e. The summed E-state index contributed by atoms with van der Waals surface area (Å²) in [5, 5.41) is 0. The first-order valence-electron chi connectivity index (χ1n) is 8.06. The topological polar surface area (TPSA) is 72.2 Å². The Labute approximate surface area is 125 Å². The summed E-state index contributed by atoms with van der Waals surface area (Å²) in [5.41, 5.74) is -0.526. The zero-order chi connectivity index (χ0) is 14.8. The molecule has 1 aliphatic carbocycles. The van der Waals surface area contributed by atoms with Crippen LogP contribution in [0.4, 0.5) is 0 Å². The van der Waals surface area contributed by atoms with Crippen molar-refractivity contribution < 1.29 is 24.1 Å². The van der Waals surface area contributed by atoms with Gasteiger partial charge in [-0.25, -0.2) is 15.7 Å². The van der Waals surface area contributed by atoms with Crippen molar-refractivity contribution in [2.75, 3.05) is 0 Å². The quantitative estimate of drug-likeness (QED) is 0.590. The van der Waals surface area contributed by atoms with Crippen LogP contribution in [0.2, 0.25) is 0 Å². The third-order valence-corrected chi connectivity index (χ3v) is 6.23. The third-order valence-electron chi connectivity index (χ3n) is 6.23. The standard InChI is InChI=1S/C15H25NO5/c1-8-4-5-11-9(2)12(19-16)17-13-15(11)10(8)6-7-14(3,18-13)20-21-15/h8-13H,4-7,16H2,1-3H3/t8-,9-,10?,11?,12?,13?,14-,15?/m1/s1. The molecule has 2 bridgehead atoms. The fourth-order valence-electron chi connectivity index (χ4n) is 5.03. The van der Waals surface area contributed by atoms with E-state index in [-0.39, 0.29) is 11.8 Å². The minimum atomic E-state index is -0.739. The number of ether oxygens (including phenoxy) is 2. The number of hydrogen-bond acceptors (Lipinski definition) is 6. The van der Waals surface area contributed by atoms with E-state index in [0.717, 1.165) is 19.3 Å². The summed E-state index contributed by atoms with van der Waals surface area (Å²) in [4.78, 5) is 16.8. The molecule has 5 unspecified atom stereocenters. The van der Waals surface area contributed by atoms with E-state index in [4.69, 9.17) is 30.0 Å². The third kappa shape index (κ3) is 1.81. The van der Waals surface area contributed by atoms with Gasteiger partial charge in [-0.1, -0.05) is 13.8 Å². The van der Waals surface area contributed by atoms with E-state index in [2.05, 4.69) is 13.8 Å². The van der Waals surface area contributed by atoms with Crippen molar-refractivity contribution in [2.45, 2.75) is 70.4 Å². The van der Waals surface area contributed by atoms with Gasteiger partial charge in [0.25, 0.3) is 0 Å². The monoisotopic (exact) mass is 299 g/mol. The van der Waals surface area contributed by atoms with Crippen molar-refractivity contribution in [3.8, 4) is 0 Å². The van der Waals surface area contributed by atoms with Gasteiger partial charge >= 0.3 is 0 Å². The highest BCUT2D eigenvalue weighted by Gasteiger charge is 2.69. The molecular weight excluding hydrogens is 274 g/mol. The first-order valence-corrected chi connectivity index (χ1v) is 8.06. The lowest BCUT2D eigenvalue weighted by Crippen LogP contribution is -2.70. The average Bonchev–Trinajstić information content (AvgIpc) is 2.69. The highest BCUT2D eigenvalue weighted by Crippen LogP contribution is 2.60. The molecular formula is C15H25NO5. The summed E-state index contributed by atoms with van der Waals surface area (Å²) in [6, 6.07) is 0. The van der Waals surface area contributed by atoms with Crippen LogP contribution in [0.3, 0.4) is 0 Å². The second-order valence-electron chi connectivity index (χ2n) is 7.41. The van der Waals surface area contributed by atoms with E-state index in [0.29, 0.717) is 11.8 Å². The minimum absolute atomic E-state index is 0.149. The summed E-state index contributed by atoms with van der Waals surface area (Å²) in [6.07, 6.45) is 3.17. The smallest absolute Gasteiger partial charge is 0.201 e. The molecule has 4 heterocycles.